The minimum Gasteiger partial charge on any atom is -0.486 e. The number of ether oxygens (including phenoxy) is 3. The van der Waals surface area contributed by atoms with E-state index in [-0.39, 0.29) is 6.10 Å². The molecule has 0 spiro atoms. The molecule has 0 fully saturated rings. The second-order valence-corrected chi connectivity index (χ2v) is 2.95. The molecule has 1 atom stereocenters. The Hall–Kier alpha value is -1.26. The SMILES string of the molecule is CC.CN.COCC1COc2ccccc2O1. The van der Waals surface area contributed by atoms with Crippen molar-refractivity contribution in [3.63, 3.8) is 0 Å². The summed E-state index contributed by atoms with van der Waals surface area (Å²) in [6, 6.07) is 7.66. The van der Waals surface area contributed by atoms with Crippen LogP contribution in [0.4, 0.5) is 0 Å². The van der Waals surface area contributed by atoms with E-state index in [4.69, 9.17) is 14.2 Å². The van der Waals surface area contributed by atoms with Crippen molar-refractivity contribution in [1.82, 2.24) is 0 Å². The molecule has 1 aromatic rings. The number of benzene rings is 1. The number of nitrogens with two attached hydrogens (primary N) is 1. The molecule has 2 N–H and O–H groups in total. The van der Waals surface area contributed by atoms with Crippen molar-refractivity contribution in [1.29, 1.82) is 0 Å². The maximum atomic E-state index is 5.62. The van der Waals surface area contributed by atoms with Crippen LogP contribution in [0.3, 0.4) is 0 Å². The van der Waals surface area contributed by atoms with Crippen molar-refractivity contribution >= 4 is 0 Å². The van der Waals surface area contributed by atoms with E-state index in [9.17, 15) is 0 Å². The van der Waals surface area contributed by atoms with E-state index in [1.54, 1.807) is 7.11 Å². The van der Waals surface area contributed by atoms with E-state index >= 15 is 0 Å². The minimum absolute atomic E-state index is 0.0138. The van der Waals surface area contributed by atoms with Gasteiger partial charge in [0.15, 0.2) is 17.6 Å². The molecule has 0 bridgehead atoms. The predicted molar refractivity (Wildman–Crippen MR) is 69.7 cm³/mol. The third-order valence-electron chi connectivity index (χ3n) is 1.92. The van der Waals surface area contributed by atoms with Crippen LogP contribution in [0.2, 0.25) is 0 Å². The van der Waals surface area contributed by atoms with Crippen LogP contribution in [0.25, 0.3) is 0 Å². The van der Waals surface area contributed by atoms with Crippen molar-refractivity contribution in [3.05, 3.63) is 24.3 Å². The third-order valence-corrected chi connectivity index (χ3v) is 1.92. The molecule has 17 heavy (non-hydrogen) atoms. The summed E-state index contributed by atoms with van der Waals surface area (Å²) < 4.78 is 16.1. The number of rotatable bonds is 2. The molecule has 0 saturated heterocycles. The van der Waals surface area contributed by atoms with Gasteiger partial charge in [-0.1, -0.05) is 26.0 Å². The normalized spacial score (nSPS) is 15.9. The lowest BCUT2D eigenvalue weighted by molar-refractivity contribution is 0.0272. The Bertz CT molecular complexity index is 292. The summed E-state index contributed by atoms with van der Waals surface area (Å²) in [5.41, 5.74) is 4.50. The minimum atomic E-state index is 0.0138. The summed E-state index contributed by atoms with van der Waals surface area (Å²) in [5.74, 6) is 1.62. The summed E-state index contributed by atoms with van der Waals surface area (Å²) in [5, 5.41) is 0. The van der Waals surface area contributed by atoms with Crippen molar-refractivity contribution in [2.45, 2.75) is 20.0 Å². The molecule has 1 aromatic carbocycles. The fourth-order valence-electron chi connectivity index (χ4n) is 1.33. The first-order chi connectivity index (χ1) is 8.40. The molecule has 1 aliphatic heterocycles. The van der Waals surface area contributed by atoms with Gasteiger partial charge < -0.3 is 19.9 Å². The Morgan fingerprint density at radius 2 is 1.82 bits per heavy atom. The van der Waals surface area contributed by atoms with Gasteiger partial charge in [0.25, 0.3) is 0 Å². The van der Waals surface area contributed by atoms with Crippen LogP contribution < -0.4 is 15.2 Å². The first kappa shape index (κ1) is 15.7. The van der Waals surface area contributed by atoms with Gasteiger partial charge in [-0.3, -0.25) is 0 Å². The largest absolute Gasteiger partial charge is 0.486 e. The molecule has 1 heterocycles. The number of hydrogen-bond acceptors (Lipinski definition) is 4. The van der Waals surface area contributed by atoms with E-state index in [0.717, 1.165) is 11.5 Å². The van der Waals surface area contributed by atoms with Gasteiger partial charge in [0.05, 0.1) is 6.61 Å². The smallest absolute Gasteiger partial charge is 0.161 e. The first-order valence-corrected chi connectivity index (χ1v) is 5.85. The van der Waals surface area contributed by atoms with Crippen molar-refractivity contribution < 1.29 is 14.2 Å². The predicted octanol–water partition coefficient (Wildman–Crippen LogP) is 2.07. The maximum absolute atomic E-state index is 5.62. The fourth-order valence-corrected chi connectivity index (χ4v) is 1.33. The number of fused-ring (bicyclic) bond motifs is 1. The Morgan fingerprint density at radius 3 is 2.41 bits per heavy atom. The van der Waals surface area contributed by atoms with Gasteiger partial charge >= 0.3 is 0 Å². The first-order valence-electron chi connectivity index (χ1n) is 5.85. The van der Waals surface area contributed by atoms with Crippen LogP contribution in [0.1, 0.15) is 13.8 Å². The second kappa shape index (κ2) is 9.93. The molecule has 0 amide bonds. The van der Waals surface area contributed by atoms with Gasteiger partial charge in [-0.05, 0) is 19.2 Å². The molecular formula is C13H23NO3. The Morgan fingerprint density at radius 1 is 1.24 bits per heavy atom. The molecule has 0 aromatic heterocycles. The third kappa shape index (κ3) is 5.06. The molecule has 0 saturated carbocycles. The van der Waals surface area contributed by atoms with E-state index < -0.39 is 0 Å². The fraction of sp³-hybridized carbons (Fsp3) is 0.538. The molecule has 2 rings (SSSR count). The molecule has 0 aliphatic carbocycles. The average molecular weight is 241 g/mol. The van der Waals surface area contributed by atoms with Crippen molar-refractivity contribution in [2.75, 3.05) is 27.4 Å². The van der Waals surface area contributed by atoms with E-state index in [2.05, 4.69) is 5.73 Å². The lowest BCUT2D eigenvalue weighted by atomic mass is 10.3. The van der Waals surface area contributed by atoms with Gasteiger partial charge in [-0.15, -0.1) is 0 Å². The summed E-state index contributed by atoms with van der Waals surface area (Å²) in [7, 11) is 3.16. The van der Waals surface area contributed by atoms with Crippen molar-refractivity contribution in [3.8, 4) is 11.5 Å². The summed E-state index contributed by atoms with van der Waals surface area (Å²) in [6.07, 6.45) is 0.0138. The molecule has 1 aliphatic rings. The highest BCUT2D eigenvalue weighted by molar-refractivity contribution is 5.40. The van der Waals surface area contributed by atoms with Gasteiger partial charge in [0.1, 0.15) is 6.61 Å². The van der Waals surface area contributed by atoms with Crippen molar-refractivity contribution in [2.24, 2.45) is 5.73 Å². The van der Waals surface area contributed by atoms with Gasteiger partial charge in [0, 0.05) is 7.11 Å². The van der Waals surface area contributed by atoms with Crippen LogP contribution in [-0.4, -0.2) is 33.5 Å². The van der Waals surface area contributed by atoms with Gasteiger partial charge in [-0.2, -0.15) is 0 Å². The van der Waals surface area contributed by atoms with E-state index in [0.29, 0.717) is 13.2 Å². The second-order valence-electron chi connectivity index (χ2n) is 2.95. The molecule has 4 heteroatoms. The molecule has 1 unspecified atom stereocenters. The summed E-state index contributed by atoms with van der Waals surface area (Å²) in [4.78, 5) is 0. The zero-order valence-electron chi connectivity index (χ0n) is 11.1. The van der Waals surface area contributed by atoms with Crippen LogP contribution >= 0.6 is 0 Å². The quantitative estimate of drug-likeness (QED) is 0.861. The average Bonchev–Trinajstić information content (AvgIpc) is 2.43. The standard InChI is InChI=1S/C10H12O3.C2H6.CH5N/c1-11-6-8-7-12-9-4-2-3-5-10(9)13-8;2*1-2/h2-5,8H,6-7H2,1H3;1-2H3;2H2,1H3. The lowest BCUT2D eigenvalue weighted by Crippen LogP contribution is -2.32. The highest BCUT2D eigenvalue weighted by atomic mass is 16.6. The van der Waals surface area contributed by atoms with Crippen LogP contribution in [0, 0.1) is 0 Å². The number of methoxy groups -OCH3 is 1. The highest BCUT2D eigenvalue weighted by Gasteiger charge is 2.19. The van der Waals surface area contributed by atoms with Gasteiger partial charge in [0.2, 0.25) is 0 Å². The lowest BCUT2D eigenvalue weighted by Gasteiger charge is -2.25. The van der Waals surface area contributed by atoms with Crippen LogP contribution in [0.15, 0.2) is 24.3 Å². The Labute approximate surface area is 104 Å². The Kier molecular flexibility index (Phi) is 9.19. The summed E-state index contributed by atoms with van der Waals surface area (Å²) in [6.45, 7) is 5.12. The highest BCUT2D eigenvalue weighted by Crippen LogP contribution is 2.30. The number of para-hydroxylation sites is 2. The molecule has 98 valence electrons. The molecule has 4 nitrogen and oxygen atoms in total. The zero-order valence-corrected chi connectivity index (χ0v) is 11.1. The zero-order chi connectivity index (χ0) is 13.1. The van der Waals surface area contributed by atoms with Crippen LogP contribution in [0.5, 0.6) is 11.5 Å². The van der Waals surface area contributed by atoms with Gasteiger partial charge in [-0.25, -0.2) is 0 Å². The summed E-state index contributed by atoms with van der Waals surface area (Å²) >= 11 is 0. The molecular weight excluding hydrogens is 218 g/mol. The molecule has 0 radical (unpaired) electrons. The maximum Gasteiger partial charge on any atom is 0.161 e. The van der Waals surface area contributed by atoms with Crippen LogP contribution in [-0.2, 0) is 4.74 Å². The monoisotopic (exact) mass is 241 g/mol. The number of hydrogen-bond donors (Lipinski definition) is 1. The topological polar surface area (TPSA) is 53.7 Å². The van der Waals surface area contributed by atoms with E-state index in [1.165, 1.54) is 7.05 Å². The van der Waals surface area contributed by atoms with E-state index in [1.807, 2.05) is 38.1 Å². The Balaban J connectivity index is 0.000000581.